The van der Waals surface area contributed by atoms with Gasteiger partial charge in [-0.15, -0.1) is 0 Å². The normalized spacial score (nSPS) is 19.9. The van der Waals surface area contributed by atoms with Crippen LogP contribution in [0.15, 0.2) is 30.5 Å². The Hall–Kier alpha value is -2.74. The first kappa shape index (κ1) is 14.8. The third-order valence-electron chi connectivity index (χ3n) is 5.32. The molecule has 120 valence electrons. The number of nitrogens with zero attached hydrogens (tertiary/aromatic N) is 3. The van der Waals surface area contributed by atoms with Gasteiger partial charge in [-0.1, -0.05) is 12.8 Å². The van der Waals surface area contributed by atoms with Crippen molar-refractivity contribution in [3.63, 3.8) is 0 Å². The van der Waals surface area contributed by atoms with Crippen LogP contribution in [0.2, 0.25) is 0 Å². The second-order valence-electron chi connectivity index (χ2n) is 6.83. The summed E-state index contributed by atoms with van der Waals surface area (Å²) in [5.41, 5.74) is 1.39. The van der Waals surface area contributed by atoms with Gasteiger partial charge in [0, 0.05) is 24.4 Å². The van der Waals surface area contributed by atoms with Gasteiger partial charge in [0.1, 0.15) is 6.07 Å². The Kier molecular flexibility index (Phi) is 3.34. The van der Waals surface area contributed by atoms with Crippen LogP contribution in [0, 0.1) is 16.7 Å². The highest BCUT2D eigenvalue weighted by Crippen LogP contribution is 2.48. The van der Waals surface area contributed by atoms with Gasteiger partial charge in [-0.25, -0.2) is 4.90 Å². The first-order chi connectivity index (χ1) is 11.6. The second kappa shape index (κ2) is 5.41. The van der Waals surface area contributed by atoms with E-state index in [1.54, 1.807) is 30.5 Å². The Morgan fingerprint density at radius 1 is 1.08 bits per heavy atom. The SMILES string of the molecule is N#Cc1ccc(N2C(=O)CC3(CCCC3)CC2=O)c2cccnc12. The van der Waals surface area contributed by atoms with E-state index in [9.17, 15) is 14.9 Å². The van der Waals surface area contributed by atoms with Crippen molar-refractivity contribution in [1.29, 1.82) is 5.26 Å². The lowest BCUT2D eigenvalue weighted by Crippen LogP contribution is -2.47. The summed E-state index contributed by atoms with van der Waals surface area (Å²) >= 11 is 0. The Bertz CT molecular complexity index is 871. The van der Waals surface area contributed by atoms with E-state index >= 15 is 0 Å². The largest absolute Gasteiger partial charge is 0.274 e. The molecular weight excluding hydrogens is 302 g/mol. The number of amides is 2. The number of aromatic nitrogens is 1. The standard InChI is InChI=1S/C19H17N3O2/c20-12-13-5-6-15(14-4-3-9-21-18(13)14)22-16(23)10-19(11-17(22)24)7-1-2-8-19/h3-6,9H,1-2,7-8,10-11H2. The third kappa shape index (κ3) is 2.18. The Morgan fingerprint density at radius 2 is 1.79 bits per heavy atom. The maximum atomic E-state index is 12.8. The number of carbonyl (C=O) groups excluding carboxylic acids is 2. The van der Waals surface area contributed by atoms with Crippen molar-refractivity contribution >= 4 is 28.4 Å². The number of anilines is 1. The minimum Gasteiger partial charge on any atom is -0.274 e. The molecule has 2 aliphatic rings. The lowest BCUT2D eigenvalue weighted by molar-refractivity contribution is -0.133. The number of hydrogen-bond donors (Lipinski definition) is 0. The van der Waals surface area contributed by atoms with Crippen molar-refractivity contribution in [3.05, 3.63) is 36.0 Å². The molecule has 0 N–H and O–H groups in total. The average molecular weight is 319 g/mol. The van der Waals surface area contributed by atoms with Crippen molar-refractivity contribution in [2.75, 3.05) is 4.90 Å². The molecule has 2 heterocycles. The third-order valence-corrected chi connectivity index (χ3v) is 5.32. The topological polar surface area (TPSA) is 74.1 Å². The van der Waals surface area contributed by atoms with Crippen molar-refractivity contribution in [3.8, 4) is 6.07 Å². The molecule has 0 atom stereocenters. The fraction of sp³-hybridized carbons (Fsp3) is 0.368. The Morgan fingerprint density at radius 3 is 2.46 bits per heavy atom. The average Bonchev–Trinajstić information content (AvgIpc) is 3.01. The maximum absolute atomic E-state index is 12.8. The van der Waals surface area contributed by atoms with Gasteiger partial charge in [0.15, 0.2) is 0 Å². The molecule has 5 heteroatoms. The zero-order valence-electron chi connectivity index (χ0n) is 13.3. The Balaban J connectivity index is 1.80. The van der Waals surface area contributed by atoms with Gasteiger partial charge in [-0.2, -0.15) is 5.26 Å². The van der Waals surface area contributed by atoms with Crippen LogP contribution in [-0.4, -0.2) is 16.8 Å². The first-order valence-corrected chi connectivity index (χ1v) is 8.27. The summed E-state index contributed by atoms with van der Waals surface area (Å²) in [7, 11) is 0. The van der Waals surface area contributed by atoms with Crippen LogP contribution >= 0.6 is 0 Å². The molecule has 0 unspecified atom stereocenters. The summed E-state index contributed by atoms with van der Waals surface area (Å²) in [6, 6.07) is 8.99. The molecule has 0 radical (unpaired) electrons. The second-order valence-corrected chi connectivity index (χ2v) is 6.83. The zero-order chi connectivity index (χ0) is 16.7. The van der Waals surface area contributed by atoms with E-state index in [2.05, 4.69) is 11.1 Å². The minimum atomic E-state index is -0.136. The van der Waals surface area contributed by atoms with Crippen molar-refractivity contribution in [2.24, 2.45) is 5.41 Å². The highest BCUT2D eigenvalue weighted by Gasteiger charge is 2.45. The number of fused-ring (bicyclic) bond motifs is 1. The van der Waals surface area contributed by atoms with Crippen LogP contribution in [0.25, 0.3) is 10.9 Å². The Labute approximate surface area is 139 Å². The van der Waals surface area contributed by atoms with Crippen LogP contribution in [0.1, 0.15) is 44.1 Å². The molecule has 4 rings (SSSR count). The number of nitriles is 1. The highest BCUT2D eigenvalue weighted by atomic mass is 16.2. The predicted octanol–water partition coefficient (Wildman–Crippen LogP) is 3.32. The number of carbonyl (C=O) groups is 2. The summed E-state index contributed by atoms with van der Waals surface area (Å²) in [6.07, 6.45) is 6.61. The fourth-order valence-electron chi connectivity index (χ4n) is 4.19. The zero-order valence-corrected chi connectivity index (χ0v) is 13.3. The number of rotatable bonds is 1. The molecule has 1 saturated heterocycles. The number of imide groups is 1. The van der Waals surface area contributed by atoms with Crippen LogP contribution in [0.3, 0.4) is 0 Å². The summed E-state index contributed by atoms with van der Waals surface area (Å²) in [4.78, 5) is 31.1. The molecule has 5 nitrogen and oxygen atoms in total. The van der Waals surface area contributed by atoms with Gasteiger partial charge in [0.25, 0.3) is 0 Å². The van der Waals surface area contributed by atoms with Crippen LogP contribution < -0.4 is 4.90 Å². The van der Waals surface area contributed by atoms with E-state index in [-0.39, 0.29) is 17.2 Å². The van der Waals surface area contributed by atoms with E-state index in [1.807, 2.05) is 0 Å². The number of pyridine rings is 1. The van der Waals surface area contributed by atoms with Crippen LogP contribution in [-0.2, 0) is 9.59 Å². The summed E-state index contributed by atoms with van der Waals surface area (Å²) in [6.45, 7) is 0. The van der Waals surface area contributed by atoms with Gasteiger partial charge in [-0.3, -0.25) is 14.6 Å². The first-order valence-electron chi connectivity index (χ1n) is 8.27. The highest BCUT2D eigenvalue weighted by molar-refractivity contribution is 6.20. The molecule has 1 aliphatic carbocycles. The van der Waals surface area contributed by atoms with Gasteiger partial charge in [0.2, 0.25) is 11.8 Å². The lowest BCUT2D eigenvalue weighted by Gasteiger charge is -2.37. The molecular formula is C19H17N3O2. The summed E-state index contributed by atoms with van der Waals surface area (Å²) < 4.78 is 0. The molecule has 1 spiro atoms. The van der Waals surface area contributed by atoms with Crippen molar-refractivity contribution in [1.82, 2.24) is 4.98 Å². The minimum absolute atomic E-state index is 0.120. The smallest absolute Gasteiger partial charge is 0.234 e. The summed E-state index contributed by atoms with van der Waals surface area (Å²) in [5, 5.41) is 9.91. The van der Waals surface area contributed by atoms with Gasteiger partial charge in [-0.05, 0) is 42.5 Å². The molecule has 2 amide bonds. The number of hydrogen-bond acceptors (Lipinski definition) is 4. The van der Waals surface area contributed by atoms with Gasteiger partial charge < -0.3 is 0 Å². The summed E-state index contributed by atoms with van der Waals surface area (Å²) in [5.74, 6) is -0.272. The fourth-order valence-corrected chi connectivity index (χ4v) is 4.19. The molecule has 2 aromatic rings. The van der Waals surface area contributed by atoms with E-state index in [1.165, 1.54) is 4.90 Å². The monoisotopic (exact) mass is 319 g/mol. The van der Waals surface area contributed by atoms with E-state index in [0.29, 0.717) is 35.0 Å². The van der Waals surface area contributed by atoms with Crippen molar-refractivity contribution in [2.45, 2.75) is 38.5 Å². The molecule has 0 bridgehead atoms. The molecule has 1 aromatic heterocycles. The van der Waals surface area contributed by atoms with Crippen LogP contribution in [0.5, 0.6) is 0 Å². The van der Waals surface area contributed by atoms with E-state index in [4.69, 9.17) is 0 Å². The van der Waals surface area contributed by atoms with E-state index < -0.39 is 0 Å². The van der Waals surface area contributed by atoms with Crippen LogP contribution in [0.4, 0.5) is 5.69 Å². The maximum Gasteiger partial charge on any atom is 0.234 e. The number of benzene rings is 1. The molecule has 1 aliphatic heterocycles. The van der Waals surface area contributed by atoms with Gasteiger partial charge >= 0.3 is 0 Å². The molecule has 24 heavy (non-hydrogen) atoms. The predicted molar refractivity (Wildman–Crippen MR) is 89.1 cm³/mol. The lowest BCUT2D eigenvalue weighted by atomic mass is 9.76. The number of piperidine rings is 1. The molecule has 1 aromatic carbocycles. The quantitative estimate of drug-likeness (QED) is 0.756. The molecule has 2 fully saturated rings. The van der Waals surface area contributed by atoms with Crippen molar-refractivity contribution < 1.29 is 9.59 Å². The van der Waals surface area contributed by atoms with Gasteiger partial charge in [0.05, 0.1) is 16.8 Å². The molecule has 1 saturated carbocycles. The van der Waals surface area contributed by atoms with E-state index in [0.717, 1.165) is 25.7 Å².